The Bertz CT molecular complexity index is 198. The first kappa shape index (κ1) is 15.3. The molecule has 0 aromatic rings. The van der Waals surface area contributed by atoms with Crippen LogP contribution in [0.3, 0.4) is 0 Å². The fourth-order valence-electron chi connectivity index (χ4n) is 1.51. The number of nitrogens with one attached hydrogen (secondary N) is 1. The summed E-state index contributed by atoms with van der Waals surface area (Å²) in [5.74, 6) is 5.03. The van der Waals surface area contributed by atoms with Gasteiger partial charge in [0.1, 0.15) is 0 Å². The predicted molar refractivity (Wildman–Crippen MR) is 64.7 cm³/mol. The van der Waals surface area contributed by atoms with E-state index in [1.165, 1.54) is 0 Å². The Balaban J connectivity index is 4.06. The van der Waals surface area contributed by atoms with Crippen LogP contribution in [0.4, 0.5) is 0 Å². The van der Waals surface area contributed by atoms with Crippen LogP contribution in [0.5, 0.6) is 0 Å². The number of amides is 1. The van der Waals surface area contributed by atoms with Gasteiger partial charge in [-0.2, -0.15) is 0 Å². The van der Waals surface area contributed by atoms with Gasteiger partial charge in [-0.25, -0.2) is 5.84 Å². The Kier molecular flexibility index (Phi) is 8.15. The smallest absolute Gasteiger partial charge is 0.251 e. The average molecular weight is 231 g/mol. The van der Waals surface area contributed by atoms with Crippen LogP contribution in [0, 0.1) is 0 Å². The summed E-state index contributed by atoms with van der Waals surface area (Å²) in [4.78, 5) is 13.5. The van der Waals surface area contributed by atoms with E-state index in [2.05, 4.69) is 12.3 Å². The van der Waals surface area contributed by atoms with Gasteiger partial charge >= 0.3 is 0 Å². The highest BCUT2D eigenvalue weighted by Gasteiger charge is 2.21. The molecule has 0 aliphatic heterocycles. The molecule has 1 atom stereocenters. The topological polar surface area (TPSA) is 67.6 Å². The lowest BCUT2D eigenvalue weighted by atomic mass is 10.1. The third-order valence-corrected chi connectivity index (χ3v) is 2.43. The minimum absolute atomic E-state index is 0.131. The van der Waals surface area contributed by atoms with Crippen molar-refractivity contribution in [2.24, 2.45) is 5.84 Å². The van der Waals surface area contributed by atoms with Crippen molar-refractivity contribution in [3.05, 3.63) is 0 Å². The highest BCUT2D eigenvalue weighted by Crippen LogP contribution is 2.05. The quantitative estimate of drug-likeness (QED) is 0.363. The number of hydrogen-bond acceptors (Lipinski definition) is 4. The van der Waals surface area contributed by atoms with Gasteiger partial charge in [0, 0.05) is 6.54 Å². The number of nitrogens with two attached hydrogens (primary N) is 1. The van der Waals surface area contributed by atoms with E-state index < -0.39 is 0 Å². The number of ether oxygens (including phenoxy) is 1. The highest BCUT2D eigenvalue weighted by molar-refractivity contribution is 5.81. The molecular weight excluding hydrogens is 206 g/mol. The molecule has 0 saturated heterocycles. The van der Waals surface area contributed by atoms with E-state index in [9.17, 15) is 4.79 Å². The van der Waals surface area contributed by atoms with Crippen LogP contribution >= 0.6 is 0 Å². The second-order valence-electron chi connectivity index (χ2n) is 4.21. The molecule has 0 bridgehead atoms. The summed E-state index contributed by atoms with van der Waals surface area (Å²) in [6, 6.07) is -0.161. The first-order valence-electron chi connectivity index (χ1n) is 5.85. The number of hydrazine groups is 1. The second-order valence-corrected chi connectivity index (χ2v) is 4.21. The Morgan fingerprint density at radius 1 is 1.50 bits per heavy atom. The van der Waals surface area contributed by atoms with Crippen LogP contribution < -0.4 is 11.3 Å². The monoisotopic (exact) mass is 231 g/mol. The van der Waals surface area contributed by atoms with Crippen molar-refractivity contribution in [3.8, 4) is 0 Å². The van der Waals surface area contributed by atoms with E-state index in [1.807, 2.05) is 25.8 Å². The first-order chi connectivity index (χ1) is 7.52. The Hall–Kier alpha value is -0.650. The maximum Gasteiger partial charge on any atom is 0.251 e. The highest BCUT2D eigenvalue weighted by atomic mass is 16.5. The zero-order valence-corrected chi connectivity index (χ0v) is 10.8. The summed E-state index contributed by atoms with van der Waals surface area (Å²) in [6.07, 6.45) is 1.98. The van der Waals surface area contributed by atoms with Crippen LogP contribution in [-0.2, 0) is 9.53 Å². The first-order valence-corrected chi connectivity index (χ1v) is 5.85. The van der Waals surface area contributed by atoms with Crippen molar-refractivity contribution in [1.82, 2.24) is 10.3 Å². The van der Waals surface area contributed by atoms with Gasteiger partial charge in [-0.1, -0.05) is 13.3 Å². The molecule has 0 aromatic heterocycles. The van der Waals surface area contributed by atoms with Crippen molar-refractivity contribution in [2.75, 3.05) is 20.2 Å². The summed E-state index contributed by atoms with van der Waals surface area (Å²) in [7, 11) is 1.92. The molecule has 5 heteroatoms. The Labute approximate surface area is 98.3 Å². The molecule has 0 rings (SSSR count). The predicted octanol–water partition coefficient (Wildman–Crippen LogP) is 0.502. The SMILES string of the molecule is CCCC(C(=O)NN)N(C)CCOC(C)C. The summed E-state index contributed by atoms with van der Waals surface area (Å²) in [5.41, 5.74) is 2.21. The van der Waals surface area contributed by atoms with E-state index in [0.29, 0.717) is 6.61 Å². The Morgan fingerprint density at radius 2 is 2.12 bits per heavy atom. The molecule has 5 nitrogen and oxygen atoms in total. The largest absolute Gasteiger partial charge is 0.377 e. The van der Waals surface area contributed by atoms with Crippen molar-refractivity contribution < 1.29 is 9.53 Å². The van der Waals surface area contributed by atoms with E-state index in [4.69, 9.17) is 10.6 Å². The standard InChI is InChI=1S/C11H25N3O2/c1-5-6-10(11(15)13-12)14(4)7-8-16-9(2)3/h9-10H,5-8,12H2,1-4H3,(H,13,15). The van der Waals surface area contributed by atoms with Crippen LogP contribution in [0.2, 0.25) is 0 Å². The number of carbonyl (C=O) groups excluding carboxylic acids is 1. The molecule has 0 heterocycles. The molecule has 96 valence electrons. The van der Waals surface area contributed by atoms with Crippen molar-refractivity contribution in [1.29, 1.82) is 0 Å². The molecule has 0 fully saturated rings. The Morgan fingerprint density at radius 3 is 2.56 bits per heavy atom. The number of rotatable bonds is 8. The zero-order chi connectivity index (χ0) is 12.6. The van der Waals surface area contributed by atoms with Crippen LogP contribution in [0.25, 0.3) is 0 Å². The molecule has 16 heavy (non-hydrogen) atoms. The molecule has 0 aliphatic carbocycles. The molecule has 1 unspecified atom stereocenters. The van der Waals surface area contributed by atoms with Crippen molar-refractivity contribution in [3.63, 3.8) is 0 Å². The summed E-state index contributed by atoms with van der Waals surface area (Å²) < 4.78 is 5.45. The van der Waals surface area contributed by atoms with Crippen LogP contribution in [0.15, 0.2) is 0 Å². The third kappa shape index (κ3) is 6.05. The number of carbonyl (C=O) groups is 1. The minimum Gasteiger partial charge on any atom is -0.377 e. The number of hydrogen-bond donors (Lipinski definition) is 2. The lowest BCUT2D eigenvalue weighted by Crippen LogP contribution is -2.48. The summed E-state index contributed by atoms with van der Waals surface area (Å²) >= 11 is 0. The van der Waals surface area contributed by atoms with Gasteiger partial charge in [-0.05, 0) is 27.3 Å². The van der Waals surface area contributed by atoms with Crippen molar-refractivity contribution >= 4 is 5.91 Å². The van der Waals surface area contributed by atoms with E-state index in [-0.39, 0.29) is 18.1 Å². The molecule has 0 saturated carbocycles. The van der Waals surface area contributed by atoms with Gasteiger partial charge in [0.25, 0.3) is 5.91 Å². The van der Waals surface area contributed by atoms with Gasteiger partial charge in [0.2, 0.25) is 0 Å². The normalized spacial score (nSPS) is 13.2. The third-order valence-electron chi connectivity index (χ3n) is 2.43. The molecule has 0 radical (unpaired) electrons. The van der Waals surface area contributed by atoms with Crippen LogP contribution in [0.1, 0.15) is 33.6 Å². The zero-order valence-electron chi connectivity index (χ0n) is 10.8. The van der Waals surface area contributed by atoms with E-state index >= 15 is 0 Å². The van der Waals surface area contributed by atoms with Gasteiger partial charge in [-0.3, -0.25) is 15.1 Å². The van der Waals surface area contributed by atoms with Crippen molar-refractivity contribution in [2.45, 2.75) is 45.8 Å². The molecule has 0 aromatic carbocycles. The average Bonchev–Trinajstić information content (AvgIpc) is 2.24. The second kappa shape index (κ2) is 8.50. The molecule has 0 aliphatic rings. The minimum atomic E-state index is -0.161. The van der Waals surface area contributed by atoms with Gasteiger partial charge in [0.05, 0.1) is 18.8 Å². The summed E-state index contributed by atoms with van der Waals surface area (Å²) in [6.45, 7) is 7.41. The number of nitrogens with zero attached hydrogens (tertiary/aromatic N) is 1. The fraction of sp³-hybridized carbons (Fsp3) is 0.909. The van der Waals surface area contributed by atoms with Gasteiger partial charge in [-0.15, -0.1) is 0 Å². The lowest BCUT2D eigenvalue weighted by Gasteiger charge is -2.26. The molecule has 3 N–H and O–H groups in total. The maximum absolute atomic E-state index is 11.5. The molecular formula is C11H25N3O2. The van der Waals surface area contributed by atoms with Gasteiger partial charge < -0.3 is 4.74 Å². The maximum atomic E-state index is 11.5. The lowest BCUT2D eigenvalue weighted by molar-refractivity contribution is -0.126. The molecule has 0 spiro atoms. The van der Waals surface area contributed by atoms with Crippen LogP contribution in [-0.4, -0.2) is 43.2 Å². The number of likely N-dealkylation sites (N-methyl/N-ethyl adjacent to an activating group) is 1. The molecule has 1 amide bonds. The summed E-state index contributed by atoms with van der Waals surface area (Å²) in [5, 5.41) is 0. The fourth-order valence-corrected chi connectivity index (χ4v) is 1.51. The van der Waals surface area contributed by atoms with E-state index in [1.54, 1.807) is 0 Å². The van der Waals surface area contributed by atoms with E-state index in [0.717, 1.165) is 19.4 Å². The van der Waals surface area contributed by atoms with Gasteiger partial charge in [0.15, 0.2) is 0 Å².